The van der Waals surface area contributed by atoms with Gasteiger partial charge >= 0.3 is 20.7 Å². The highest BCUT2D eigenvalue weighted by Crippen LogP contribution is 2.49. The van der Waals surface area contributed by atoms with E-state index >= 15 is 0 Å². The lowest BCUT2D eigenvalue weighted by Gasteiger charge is -2.42. The van der Waals surface area contributed by atoms with Crippen molar-refractivity contribution < 1.29 is 27.6 Å². The van der Waals surface area contributed by atoms with Crippen molar-refractivity contribution in [3.8, 4) is 0 Å². The van der Waals surface area contributed by atoms with Crippen molar-refractivity contribution in [1.82, 2.24) is 4.90 Å². The molecule has 0 unspecified atom stereocenters. The highest BCUT2D eigenvalue weighted by atomic mass is 28.4. The van der Waals surface area contributed by atoms with Crippen molar-refractivity contribution >= 4 is 20.7 Å². The topological polar surface area (TPSA) is 74.3 Å². The molecular weight excluding hydrogens is 318 g/mol. The molecule has 1 aliphatic carbocycles. The van der Waals surface area contributed by atoms with Crippen LogP contribution in [0.1, 0.15) is 19.8 Å². The van der Waals surface area contributed by atoms with Crippen LogP contribution in [0.2, 0.25) is 0 Å². The predicted molar refractivity (Wildman–Crippen MR) is 80.1 cm³/mol. The lowest BCUT2D eigenvalue weighted by Crippen LogP contribution is -2.57. The van der Waals surface area contributed by atoms with Gasteiger partial charge in [0.1, 0.15) is 0 Å². The summed E-state index contributed by atoms with van der Waals surface area (Å²) in [4.78, 5) is 26.3. The molecule has 7 nitrogen and oxygen atoms in total. The van der Waals surface area contributed by atoms with E-state index in [0.29, 0.717) is 32.7 Å². The maximum Gasteiger partial charge on any atom is 0.532 e. The van der Waals surface area contributed by atoms with Crippen molar-refractivity contribution in [2.75, 3.05) is 39.5 Å². The summed E-state index contributed by atoms with van der Waals surface area (Å²) in [6.07, 6.45) is 2.88. The van der Waals surface area contributed by atoms with Crippen LogP contribution in [0, 0.1) is 11.3 Å². The molecule has 126 valence electrons. The van der Waals surface area contributed by atoms with Gasteiger partial charge < -0.3 is 18.0 Å². The second-order valence-corrected chi connectivity index (χ2v) is 9.38. The fourth-order valence-corrected chi connectivity index (χ4v) is 6.70. The molecule has 4 saturated heterocycles. The Morgan fingerprint density at radius 1 is 1.13 bits per heavy atom. The van der Waals surface area contributed by atoms with Crippen LogP contribution in [-0.4, -0.2) is 65.1 Å². The summed E-state index contributed by atoms with van der Waals surface area (Å²) in [6.45, 7) is 6.10. The molecule has 0 N–H and O–H groups in total. The number of hydrogen-bond acceptors (Lipinski definition) is 7. The number of esters is 2. The quantitative estimate of drug-likeness (QED) is 0.386. The normalized spacial score (nSPS) is 44.0. The van der Waals surface area contributed by atoms with E-state index in [1.165, 1.54) is 0 Å². The predicted octanol–water partition coefficient (Wildman–Crippen LogP) is 0.270. The van der Waals surface area contributed by atoms with Gasteiger partial charge in [-0.3, -0.25) is 14.5 Å². The average molecular weight is 339 g/mol. The number of hydrogen-bond donors (Lipinski definition) is 0. The molecular formula is C15H21NO6Si. The minimum atomic E-state index is -2.97. The molecule has 2 atom stereocenters. The van der Waals surface area contributed by atoms with Crippen molar-refractivity contribution in [3.63, 3.8) is 0 Å². The first-order valence-corrected chi connectivity index (χ1v) is 9.86. The monoisotopic (exact) mass is 339 g/mol. The van der Waals surface area contributed by atoms with Crippen molar-refractivity contribution in [1.29, 1.82) is 0 Å². The van der Waals surface area contributed by atoms with Crippen LogP contribution in [0.15, 0.2) is 11.3 Å². The van der Waals surface area contributed by atoms with Crippen LogP contribution >= 0.6 is 0 Å². The van der Waals surface area contributed by atoms with Gasteiger partial charge in [-0.05, 0) is 25.0 Å². The van der Waals surface area contributed by atoms with Gasteiger partial charge in [-0.15, -0.1) is 0 Å². The van der Waals surface area contributed by atoms with Gasteiger partial charge in [-0.1, -0.05) is 6.08 Å². The highest BCUT2D eigenvalue weighted by molar-refractivity contribution is 6.69. The zero-order valence-corrected chi connectivity index (χ0v) is 14.2. The lowest BCUT2D eigenvalue weighted by atomic mass is 9.72. The molecule has 0 radical (unpaired) electrons. The van der Waals surface area contributed by atoms with Crippen LogP contribution in [0.4, 0.5) is 0 Å². The Labute approximate surface area is 135 Å². The van der Waals surface area contributed by atoms with Crippen LogP contribution in [0.5, 0.6) is 0 Å². The number of rotatable bonds is 1. The third-order valence-corrected chi connectivity index (χ3v) is 8.28. The molecule has 0 aromatic rings. The van der Waals surface area contributed by atoms with E-state index < -0.39 is 32.1 Å². The maximum atomic E-state index is 12.2. The van der Waals surface area contributed by atoms with Crippen molar-refractivity contribution in [3.05, 3.63) is 11.3 Å². The van der Waals surface area contributed by atoms with E-state index in [1.54, 1.807) is 6.92 Å². The number of ether oxygens (including phenoxy) is 1. The van der Waals surface area contributed by atoms with Crippen molar-refractivity contribution in [2.24, 2.45) is 11.3 Å². The molecule has 4 aliphatic heterocycles. The minimum Gasteiger partial charge on any atom is -0.392 e. The second kappa shape index (κ2) is 5.49. The van der Waals surface area contributed by atoms with Gasteiger partial charge in [0.15, 0.2) is 0 Å². The largest absolute Gasteiger partial charge is 0.532 e. The smallest absolute Gasteiger partial charge is 0.392 e. The first kappa shape index (κ1) is 15.5. The van der Waals surface area contributed by atoms with Gasteiger partial charge in [0, 0.05) is 19.6 Å². The number of cyclic esters (lactones) is 2. The summed E-state index contributed by atoms with van der Waals surface area (Å²) in [5, 5.41) is 0.929. The zero-order chi connectivity index (χ0) is 16.1. The molecule has 8 heteroatoms. The zero-order valence-electron chi connectivity index (χ0n) is 13.2. The standard InChI is InChI=1S/C15H21NO6Si/c1-15-10-11(2-3-12(15)13(17)22-14(15)18)23-19-7-4-16(5-8-20-23)6-9-21-23/h2,12H,3-10H2,1H3/t12-,15-/m0/s1. The third kappa shape index (κ3) is 2.40. The van der Waals surface area contributed by atoms with E-state index in [4.69, 9.17) is 18.0 Å². The fourth-order valence-electron chi connectivity index (χ4n) is 3.86. The van der Waals surface area contributed by atoms with Gasteiger partial charge in [0.2, 0.25) is 0 Å². The first-order chi connectivity index (χ1) is 11.0. The lowest BCUT2D eigenvalue weighted by molar-refractivity contribution is -0.155. The summed E-state index contributed by atoms with van der Waals surface area (Å²) in [5.41, 5.74) is -0.824. The van der Waals surface area contributed by atoms with E-state index in [-0.39, 0.29) is 0 Å². The molecule has 0 amide bonds. The molecule has 0 aromatic heterocycles. The van der Waals surface area contributed by atoms with Gasteiger partial charge in [0.05, 0.1) is 31.2 Å². The molecule has 0 saturated carbocycles. The Morgan fingerprint density at radius 2 is 1.74 bits per heavy atom. The summed E-state index contributed by atoms with van der Waals surface area (Å²) >= 11 is 0. The van der Waals surface area contributed by atoms with E-state index in [1.807, 2.05) is 6.08 Å². The number of allylic oxidation sites excluding steroid dienone is 2. The number of fused-ring (bicyclic) bond motifs is 7. The van der Waals surface area contributed by atoms with E-state index in [9.17, 15) is 9.59 Å². The summed E-state index contributed by atoms with van der Waals surface area (Å²) in [5.74, 6) is -1.26. The summed E-state index contributed by atoms with van der Waals surface area (Å²) in [6, 6.07) is 0. The summed E-state index contributed by atoms with van der Waals surface area (Å²) in [7, 11) is -2.97. The van der Waals surface area contributed by atoms with Crippen LogP contribution in [-0.2, 0) is 27.6 Å². The Kier molecular flexibility index (Phi) is 3.69. The molecule has 23 heavy (non-hydrogen) atoms. The van der Waals surface area contributed by atoms with Crippen molar-refractivity contribution in [2.45, 2.75) is 19.8 Å². The van der Waals surface area contributed by atoms with E-state index in [2.05, 4.69) is 4.90 Å². The molecule has 5 aliphatic rings. The molecule has 2 bridgehead atoms. The third-order valence-electron chi connectivity index (χ3n) is 5.36. The Morgan fingerprint density at radius 3 is 2.35 bits per heavy atom. The highest BCUT2D eigenvalue weighted by Gasteiger charge is 2.60. The maximum absolute atomic E-state index is 12.2. The van der Waals surface area contributed by atoms with Gasteiger partial charge in [-0.2, -0.15) is 0 Å². The molecule has 4 fully saturated rings. The van der Waals surface area contributed by atoms with Crippen LogP contribution < -0.4 is 0 Å². The number of carbonyl (C=O) groups excluding carboxylic acids is 2. The second-order valence-electron chi connectivity index (χ2n) is 6.76. The fraction of sp³-hybridized carbons (Fsp3) is 0.733. The molecule has 5 rings (SSSR count). The van der Waals surface area contributed by atoms with Gasteiger partial charge in [-0.25, -0.2) is 0 Å². The molecule has 0 spiro atoms. The Hall–Kier alpha value is -1.06. The number of carbonyl (C=O) groups is 2. The van der Waals surface area contributed by atoms with Crippen LogP contribution in [0.25, 0.3) is 0 Å². The van der Waals surface area contributed by atoms with Crippen LogP contribution in [0.3, 0.4) is 0 Å². The molecule has 0 aromatic carbocycles. The Balaban J connectivity index is 1.65. The molecule has 4 heterocycles. The number of nitrogens with zero attached hydrogens (tertiary/aromatic N) is 1. The summed E-state index contributed by atoms with van der Waals surface area (Å²) < 4.78 is 23.1. The minimum absolute atomic E-state index is 0.401. The first-order valence-electron chi connectivity index (χ1n) is 8.13. The SMILES string of the molecule is C[C@]12CC([Si]34OCCN(CCO3)CCO4)=CC[C@H]1C(=O)OC2=O. The average Bonchev–Trinajstić information content (AvgIpc) is 2.67. The Bertz CT molecular complexity index is 552. The van der Waals surface area contributed by atoms with Gasteiger partial charge in [0.25, 0.3) is 0 Å². The van der Waals surface area contributed by atoms with E-state index in [0.717, 1.165) is 24.8 Å².